The lowest BCUT2D eigenvalue weighted by Crippen LogP contribution is -2.44. The van der Waals surface area contributed by atoms with Crippen LogP contribution >= 0.6 is 0 Å². The second kappa shape index (κ2) is 5.20. The van der Waals surface area contributed by atoms with E-state index in [9.17, 15) is 4.79 Å². The zero-order valence-corrected chi connectivity index (χ0v) is 12.7. The Morgan fingerprint density at radius 3 is 2.50 bits per heavy atom. The average Bonchev–Trinajstić information content (AvgIpc) is 2.83. The molecule has 0 aliphatic carbocycles. The molecule has 2 aliphatic heterocycles. The molecule has 3 heterocycles. The maximum Gasteiger partial charge on any atom is 0.254 e. The highest BCUT2D eigenvalue weighted by Crippen LogP contribution is 2.39. The maximum atomic E-state index is 13.0. The summed E-state index contributed by atoms with van der Waals surface area (Å²) in [6.07, 6.45) is 9.88. The van der Waals surface area contributed by atoms with Gasteiger partial charge < -0.3 is 4.90 Å². The summed E-state index contributed by atoms with van der Waals surface area (Å²) in [7, 11) is 0. The average molecular weight is 293 g/mol. The highest BCUT2D eigenvalue weighted by atomic mass is 16.2. The smallest absolute Gasteiger partial charge is 0.254 e. The third kappa shape index (κ3) is 2.10. The van der Waals surface area contributed by atoms with Gasteiger partial charge in [0.25, 0.3) is 5.91 Å². The summed E-state index contributed by atoms with van der Waals surface area (Å²) in [6, 6.07) is 6.38. The molecule has 1 aromatic carbocycles. The molecule has 0 N–H and O–H groups in total. The fraction of sp³-hybridized carbons (Fsp3) is 0.389. The fourth-order valence-electron chi connectivity index (χ4n) is 3.86. The quantitative estimate of drug-likeness (QED) is 0.758. The van der Waals surface area contributed by atoms with Gasteiger partial charge in [0, 0.05) is 30.0 Å². The van der Waals surface area contributed by atoms with Gasteiger partial charge in [0.15, 0.2) is 0 Å². The van der Waals surface area contributed by atoms with Crippen molar-refractivity contribution in [3.63, 3.8) is 0 Å². The monoisotopic (exact) mass is 293 g/mol. The van der Waals surface area contributed by atoms with E-state index in [1.165, 1.54) is 5.57 Å². The first-order valence-electron chi connectivity index (χ1n) is 7.94. The van der Waals surface area contributed by atoms with E-state index in [4.69, 9.17) is 0 Å². The number of fused-ring (bicyclic) bond motifs is 3. The first-order chi connectivity index (χ1) is 10.8. The van der Waals surface area contributed by atoms with Gasteiger partial charge in [0.2, 0.25) is 0 Å². The van der Waals surface area contributed by atoms with Gasteiger partial charge in [0.1, 0.15) is 0 Å². The minimum Gasteiger partial charge on any atom is -0.332 e. The van der Waals surface area contributed by atoms with Crippen molar-refractivity contribution in [3.8, 4) is 0 Å². The molecule has 0 spiro atoms. The van der Waals surface area contributed by atoms with Crippen molar-refractivity contribution in [1.82, 2.24) is 14.9 Å². The Morgan fingerprint density at radius 1 is 1.14 bits per heavy atom. The Balaban J connectivity index is 1.66. The van der Waals surface area contributed by atoms with E-state index in [2.05, 4.69) is 27.9 Å². The first-order valence-corrected chi connectivity index (χ1v) is 7.94. The molecule has 4 nitrogen and oxygen atoms in total. The summed E-state index contributed by atoms with van der Waals surface area (Å²) in [4.78, 5) is 23.6. The summed E-state index contributed by atoms with van der Waals surface area (Å²) in [5.74, 6) is 0.148. The van der Waals surface area contributed by atoms with Crippen LogP contribution in [0.4, 0.5) is 0 Å². The second-order valence-electron chi connectivity index (χ2n) is 6.21. The van der Waals surface area contributed by atoms with E-state index in [0.717, 1.165) is 42.3 Å². The number of hydrogen-bond donors (Lipinski definition) is 0. The van der Waals surface area contributed by atoms with Gasteiger partial charge in [-0.25, -0.2) is 0 Å². The van der Waals surface area contributed by atoms with Crippen molar-refractivity contribution in [2.45, 2.75) is 44.7 Å². The zero-order chi connectivity index (χ0) is 15.1. The van der Waals surface area contributed by atoms with Crippen molar-refractivity contribution >= 4 is 16.9 Å². The predicted molar refractivity (Wildman–Crippen MR) is 85.5 cm³/mol. The van der Waals surface area contributed by atoms with Crippen molar-refractivity contribution in [1.29, 1.82) is 0 Å². The molecular formula is C18H19N3O. The number of nitrogens with zero attached hydrogens (tertiary/aromatic N) is 3. The van der Waals surface area contributed by atoms with Crippen LogP contribution in [0.5, 0.6) is 0 Å². The molecule has 2 bridgehead atoms. The highest BCUT2D eigenvalue weighted by Gasteiger charge is 2.41. The summed E-state index contributed by atoms with van der Waals surface area (Å²) in [5, 5.41) is 0. The van der Waals surface area contributed by atoms with Gasteiger partial charge in [-0.05, 0) is 50.8 Å². The minimum absolute atomic E-state index is 0.148. The van der Waals surface area contributed by atoms with Gasteiger partial charge in [-0.3, -0.25) is 14.8 Å². The van der Waals surface area contributed by atoms with Crippen LogP contribution in [0.2, 0.25) is 0 Å². The molecule has 112 valence electrons. The molecule has 2 aliphatic rings. The van der Waals surface area contributed by atoms with Crippen LogP contribution in [0.25, 0.3) is 11.0 Å². The van der Waals surface area contributed by atoms with Crippen LogP contribution in [0.15, 0.2) is 42.2 Å². The summed E-state index contributed by atoms with van der Waals surface area (Å²) < 4.78 is 0. The van der Waals surface area contributed by atoms with Gasteiger partial charge in [0.05, 0.1) is 11.0 Å². The van der Waals surface area contributed by atoms with Crippen LogP contribution in [-0.2, 0) is 0 Å². The number of rotatable bonds is 1. The number of carbonyl (C=O) groups is 1. The van der Waals surface area contributed by atoms with E-state index in [1.54, 1.807) is 12.4 Å². The lowest BCUT2D eigenvalue weighted by atomic mass is 9.95. The molecule has 4 heteroatoms. The second-order valence-corrected chi connectivity index (χ2v) is 6.21. The molecular weight excluding hydrogens is 274 g/mol. The van der Waals surface area contributed by atoms with Gasteiger partial charge >= 0.3 is 0 Å². The van der Waals surface area contributed by atoms with Gasteiger partial charge in [-0.15, -0.1) is 0 Å². The lowest BCUT2D eigenvalue weighted by Gasteiger charge is -2.36. The third-order valence-corrected chi connectivity index (χ3v) is 4.97. The normalized spacial score (nSPS) is 23.9. The summed E-state index contributed by atoms with van der Waals surface area (Å²) >= 11 is 0. The minimum atomic E-state index is 0.148. The molecule has 1 amide bonds. The molecule has 0 saturated carbocycles. The molecule has 0 radical (unpaired) electrons. The van der Waals surface area contributed by atoms with E-state index < -0.39 is 0 Å². The van der Waals surface area contributed by atoms with Gasteiger partial charge in [-0.2, -0.15) is 0 Å². The van der Waals surface area contributed by atoms with Crippen molar-refractivity contribution in [3.05, 3.63) is 47.8 Å². The van der Waals surface area contributed by atoms with Crippen molar-refractivity contribution in [2.75, 3.05) is 0 Å². The maximum absolute atomic E-state index is 13.0. The summed E-state index contributed by atoms with van der Waals surface area (Å²) in [6.45, 7) is 2.11. The van der Waals surface area contributed by atoms with Crippen molar-refractivity contribution < 1.29 is 4.79 Å². The number of amides is 1. The number of carbonyl (C=O) groups excluding carboxylic acids is 1. The number of aromatic nitrogens is 2. The molecule has 2 fully saturated rings. The van der Waals surface area contributed by atoms with E-state index in [-0.39, 0.29) is 5.91 Å². The predicted octanol–water partition coefficient (Wildman–Crippen LogP) is 3.34. The Kier molecular flexibility index (Phi) is 3.17. The standard InChI is InChI=1S/C18H19N3O/c1-2-12-9-14-4-5-15(10-12)21(14)18(22)13-3-6-16-17(11-13)20-8-7-19-16/h2-3,6-8,11,14-15H,4-5,9-10H2,1H3. The van der Waals surface area contributed by atoms with Crippen LogP contribution < -0.4 is 0 Å². The number of allylic oxidation sites excluding steroid dienone is 1. The molecule has 2 atom stereocenters. The van der Waals surface area contributed by atoms with Gasteiger partial charge in [-0.1, -0.05) is 11.6 Å². The molecule has 1 aromatic heterocycles. The zero-order valence-electron chi connectivity index (χ0n) is 12.7. The number of piperidine rings is 1. The summed E-state index contributed by atoms with van der Waals surface area (Å²) in [5.41, 5.74) is 3.85. The Labute approximate surface area is 129 Å². The topological polar surface area (TPSA) is 46.1 Å². The van der Waals surface area contributed by atoms with E-state index in [0.29, 0.717) is 12.1 Å². The van der Waals surface area contributed by atoms with E-state index >= 15 is 0 Å². The largest absolute Gasteiger partial charge is 0.332 e. The van der Waals surface area contributed by atoms with Crippen LogP contribution in [0.3, 0.4) is 0 Å². The molecule has 4 rings (SSSR count). The Bertz CT molecular complexity index is 752. The molecule has 2 aromatic rings. The van der Waals surface area contributed by atoms with E-state index in [1.807, 2.05) is 18.2 Å². The molecule has 22 heavy (non-hydrogen) atoms. The van der Waals surface area contributed by atoms with Crippen LogP contribution in [0, 0.1) is 0 Å². The Morgan fingerprint density at radius 2 is 1.82 bits per heavy atom. The number of benzene rings is 1. The fourth-order valence-corrected chi connectivity index (χ4v) is 3.86. The van der Waals surface area contributed by atoms with Crippen molar-refractivity contribution in [2.24, 2.45) is 0 Å². The third-order valence-electron chi connectivity index (χ3n) is 4.97. The van der Waals surface area contributed by atoms with Crippen LogP contribution in [-0.4, -0.2) is 32.9 Å². The molecule has 2 saturated heterocycles. The SMILES string of the molecule is CC=C1CC2CCC(C1)N2C(=O)c1ccc2nccnc2c1. The molecule has 2 unspecified atom stereocenters. The lowest BCUT2D eigenvalue weighted by molar-refractivity contribution is 0.0635. The first kappa shape index (κ1) is 13.4. The number of hydrogen-bond acceptors (Lipinski definition) is 3. The Hall–Kier alpha value is -2.23. The van der Waals surface area contributed by atoms with Crippen LogP contribution in [0.1, 0.15) is 43.0 Å². The highest BCUT2D eigenvalue weighted by molar-refractivity contribution is 5.97.